The summed E-state index contributed by atoms with van der Waals surface area (Å²) >= 11 is 1.94. The zero-order valence-electron chi connectivity index (χ0n) is 11.0. The van der Waals surface area contributed by atoms with E-state index in [-0.39, 0.29) is 0 Å². The Morgan fingerprint density at radius 1 is 1.28 bits per heavy atom. The topological polar surface area (TPSA) is 38.9 Å². The lowest BCUT2D eigenvalue weighted by Gasteiger charge is -2.08. The van der Waals surface area contributed by atoms with E-state index < -0.39 is 0 Å². The lowest BCUT2D eigenvalue weighted by Crippen LogP contribution is -1.98. The minimum absolute atomic E-state index is 0.672. The standard InChI is InChI=1S/C15H20N2S/c1-11(2)7-8-18-10-13-9-12-5-3-4-6-14(12)17-15(13)16/h3-6,9,11H,7-8,10H2,1-2H3,(H2,16,17). The second-order valence-corrected chi connectivity index (χ2v) is 6.07. The molecule has 0 aliphatic heterocycles. The Kier molecular flexibility index (Phi) is 4.48. The van der Waals surface area contributed by atoms with E-state index in [9.17, 15) is 0 Å². The number of anilines is 1. The first-order chi connectivity index (χ1) is 8.66. The molecule has 18 heavy (non-hydrogen) atoms. The Morgan fingerprint density at radius 2 is 2.06 bits per heavy atom. The lowest BCUT2D eigenvalue weighted by atomic mass is 10.1. The van der Waals surface area contributed by atoms with Crippen LogP contribution in [0.5, 0.6) is 0 Å². The van der Waals surface area contributed by atoms with Gasteiger partial charge in [0.1, 0.15) is 5.82 Å². The summed E-state index contributed by atoms with van der Waals surface area (Å²) in [6.07, 6.45) is 1.26. The molecule has 0 saturated heterocycles. The van der Waals surface area contributed by atoms with Crippen molar-refractivity contribution in [2.75, 3.05) is 11.5 Å². The second-order valence-electron chi connectivity index (χ2n) is 4.96. The van der Waals surface area contributed by atoms with Crippen LogP contribution in [-0.2, 0) is 5.75 Å². The van der Waals surface area contributed by atoms with Crippen LogP contribution in [0.15, 0.2) is 30.3 Å². The quantitative estimate of drug-likeness (QED) is 0.823. The van der Waals surface area contributed by atoms with Gasteiger partial charge in [0.2, 0.25) is 0 Å². The number of thioether (sulfide) groups is 1. The summed E-state index contributed by atoms with van der Waals surface area (Å²) in [4.78, 5) is 4.45. The minimum atomic E-state index is 0.672. The van der Waals surface area contributed by atoms with Gasteiger partial charge in [0.05, 0.1) is 5.52 Å². The van der Waals surface area contributed by atoms with E-state index in [2.05, 4.69) is 31.0 Å². The third-order valence-electron chi connectivity index (χ3n) is 2.93. The highest BCUT2D eigenvalue weighted by molar-refractivity contribution is 7.98. The van der Waals surface area contributed by atoms with Gasteiger partial charge in [0, 0.05) is 16.7 Å². The van der Waals surface area contributed by atoms with Crippen molar-refractivity contribution in [1.29, 1.82) is 0 Å². The molecule has 1 heterocycles. The average Bonchev–Trinajstić information content (AvgIpc) is 2.34. The van der Waals surface area contributed by atoms with Crippen LogP contribution in [0, 0.1) is 5.92 Å². The van der Waals surface area contributed by atoms with E-state index in [0.29, 0.717) is 5.82 Å². The zero-order chi connectivity index (χ0) is 13.0. The average molecular weight is 260 g/mol. The number of rotatable bonds is 5. The van der Waals surface area contributed by atoms with Gasteiger partial charge < -0.3 is 5.73 Å². The first kappa shape index (κ1) is 13.2. The van der Waals surface area contributed by atoms with Crippen LogP contribution >= 0.6 is 11.8 Å². The fraction of sp³-hybridized carbons (Fsp3) is 0.400. The number of nitrogens with two attached hydrogens (primary N) is 1. The predicted molar refractivity (Wildman–Crippen MR) is 81.8 cm³/mol. The molecular weight excluding hydrogens is 240 g/mol. The molecule has 0 unspecified atom stereocenters. The maximum absolute atomic E-state index is 6.00. The molecule has 0 aliphatic carbocycles. The third-order valence-corrected chi connectivity index (χ3v) is 3.97. The molecule has 96 valence electrons. The number of pyridine rings is 1. The van der Waals surface area contributed by atoms with Crippen molar-refractivity contribution in [3.05, 3.63) is 35.9 Å². The number of nitrogen functional groups attached to an aromatic ring is 1. The molecule has 2 rings (SSSR count). The SMILES string of the molecule is CC(C)CCSCc1cc2ccccc2nc1N. The second kappa shape index (κ2) is 6.10. The molecule has 0 fully saturated rings. The van der Waals surface area contributed by atoms with Crippen LogP contribution < -0.4 is 5.73 Å². The highest BCUT2D eigenvalue weighted by Gasteiger charge is 2.04. The molecule has 1 aromatic carbocycles. The molecule has 1 aromatic heterocycles. The Labute approximate surface area is 113 Å². The van der Waals surface area contributed by atoms with Crippen LogP contribution in [-0.4, -0.2) is 10.7 Å². The van der Waals surface area contributed by atoms with Crippen molar-refractivity contribution in [1.82, 2.24) is 4.98 Å². The Hall–Kier alpha value is -1.22. The molecule has 2 aromatic rings. The van der Waals surface area contributed by atoms with Gasteiger partial charge in [0.25, 0.3) is 0 Å². The molecule has 3 heteroatoms. The van der Waals surface area contributed by atoms with Crippen molar-refractivity contribution < 1.29 is 0 Å². The molecule has 2 N–H and O–H groups in total. The fourth-order valence-corrected chi connectivity index (χ4v) is 3.02. The lowest BCUT2D eigenvalue weighted by molar-refractivity contribution is 0.632. The van der Waals surface area contributed by atoms with Crippen molar-refractivity contribution >= 4 is 28.5 Å². The number of hydrogen-bond donors (Lipinski definition) is 1. The van der Waals surface area contributed by atoms with Crippen LogP contribution in [0.2, 0.25) is 0 Å². The minimum Gasteiger partial charge on any atom is -0.383 e. The summed E-state index contributed by atoms with van der Waals surface area (Å²) in [7, 11) is 0. The summed E-state index contributed by atoms with van der Waals surface area (Å²) < 4.78 is 0. The van der Waals surface area contributed by atoms with Crippen LogP contribution in [0.1, 0.15) is 25.8 Å². The highest BCUT2D eigenvalue weighted by atomic mass is 32.2. The summed E-state index contributed by atoms with van der Waals surface area (Å²) in [6.45, 7) is 4.51. The molecule has 0 spiro atoms. The number of benzene rings is 1. The number of hydrogen-bond acceptors (Lipinski definition) is 3. The smallest absolute Gasteiger partial charge is 0.128 e. The van der Waals surface area contributed by atoms with Crippen LogP contribution in [0.3, 0.4) is 0 Å². The van der Waals surface area contributed by atoms with Crippen LogP contribution in [0.4, 0.5) is 5.82 Å². The highest BCUT2D eigenvalue weighted by Crippen LogP contribution is 2.23. The number of fused-ring (bicyclic) bond motifs is 1. The van der Waals surface area contributed by atoms with E-state index in [0.717, 1.165) is 22.8 Å². The van der Waals surface area contributed by atoms with E-state index >= 15 is 0 Å². The maximum atomic E-state index is 6.00. The van der Waals surface area contributed by atoms with E-state index in [1.54, 1.807) is 0 Å². The van der Waals surface area contributed by atoms with Gasteiger partial charge in [-0.15, -0.1) is 0 Å². The molecule has 0 bridgehead atoms. The molecule has 0 aliphatic rings. The number of aromatic nitrogens is 1. The van der Waals surface area contributed by atoms with Gasteiger partial charge in [0.15, 0.2) is 0 Å². The predicted octanol–water partition coefficient (Wildman–Crippen LogP) is 4.10. The van der Waals surface area contributed by atoms with Crippen molar-refractivity contribution in [3.8, 4) is 0 Å². The van der Waals surface area contributed by atoms with Gasteiger partial charge in [-0.05, 0) is 30.2 Å². The monoisotopic (exact) mass is 260 g/mol. The molecule has 0 atom stereocenters. The third kappa shape index (κ3) is 3.39. The van der Waals surface area contributed by atoms with Gasteiger partial charge in [-0.2, -0.15) is 11.8 Å². The largest absolute Gasteiger partial charge is 0.383 e. The number of para-hydroxylation sites is 1. The van der Waals surface area contributed by atoms with E-state index in [1.165, 1.54) is 17.6 Å². The molecule has 0 amide bonds. The van der Waals surface area contributed by atoms with Gasteiger partial charge in [-0.1, -0.05) is 32.0 Å². The normalized spacial score (nSPS) is 11.3. The Balaban J connectivity index is 2.06. The van der Waals surface area contributed by atoms with Gasteiger partial charge >= 0.3 is 0 Å². The molecule has 0 saturated carbocycles. The summed E-state index contributed by atoms with van der Waals surface area (Å²) in [5.74, 6) is 3.58. The van der Waals surface area contributed by atoms with Crippen LogP contribution in [0.25, 0.3) is 10.9 Å². The van der Waals surface area contributed by atoms with Gasteiger partial charge in [-0.3, -0.25) is 0 Å². The number of nitrogens with zero attached hydrogens (tertiary/aromatic N) is 1. The van der Waals surface area contributed by atoms with Crippen molar-refractivity contribution in [3.63, 3.8) is 0 Å². The molecule has 0 radical (unpaired) electrons. The maximum Gasteiger partial charge on any atom is 0.128 e. The first-order valence-electron chi connectivity index (χ1n) is 6.38. The Morgan fingerprint density at radius 3 is 2.83 bits per heavy atom. The first-order valence-corrected chi connectivity index (χ1v) is 7.54. The zero-order valence-corrected chi connectivity index (χ0v) is 11.8. The van der Waals surface area contributed by atoms with Gasteiger partial charge in [-0.25, -0.2) is 4.98 Å². The molecule has 2 nitrogen and oxygen atoms in total. The van der Waals surface area contributed by atoms with E-state index in [4.69, 9.17) is 5.73 Å². The Bertz CT molecular complexity index is 523. The summed E-state index contributed by atoms with van der Waals surface area (Å²) in [6, 6.07) is 10.3. The summed E-state index contributed by atoms with van der Waals surface area (Å²) in [5, 5.41) is 1.17. The van der Waals surface area contributed by atoms with Crippen molar-refractivity contribution in [2.45, 2.75) is 26.0 Å². The fourth-order valence-electron chi connectivity index (χ4n) is 1.79. The molecular formula is C15H20N2S. The van der Waals surface area contributed by atoms with E-state index in [1.807, 2.05) is 30.0 Å². The van der Waals surface area contributed by atoms with Crippen molar-refractivity contribution in [2.24, 2.45) is 5.92 Å². The summed E-state index contributed by atoms with van der Waals surface area (Å²) in [5.41, 5.74) is 8.14.